The lowest BCUT2D eigenvalue weighted by Gasteiger charge is -2.26. The number of hydrogen-bond donors (Lipinski definition) is 4. The Balaban J connectivity index is 4.64. The van der Waals surface area contributed by atoms with E-state index in [1.807, 2.05) is 0 Å². The van der Waals surface area contributed by atoms with Crippen molar-refractivity contribution in [2.45, 2.75) is 155 Å². The third-order valence-corrected chi connectivity index (χ3v) is 6.85. The van der Waals surface area contributed by atoms with Gasteiger partial charge in [-0.25, -0.2) is 0 Å². The number of aliphatic hydroxyl groups is 1. The zero-order valence-electron chi connectivity index (χ0n) is 24.4. The normalized spacial score (nSPS) is 11.4. The van der Waals surface area contributed by atoms with Crippen LogP contribution in [0.2, 0.25) is 0 Å². The first kappa shape index (κ1) is 35.4. The summed E-state index contributed by atoms with van der Waals surface area (Å²) in [6, 6.07) is 0. The summed E-state index contributed by atoms with van der Waals surface area (Å²) in [6.45, 7) is 8.01. The van der Waals surface area contributed by atoms with Gasteiger partial charge in [0.15, 0.2) is 5.60 Å². The van der Waals surface area contributed by atoms with Gasteiger partial charge in [-0.05, 0) is 19.3 Å². The minimum Gasteiger partial charge on any atom is -0.379 e. The summed E-state index contributed by atoms with van der Waals surface area (Å²) >= 11 is 0. The van der Waals surface area contributed by atoms with E-state index in [-0.39, 0.29) is 0 Å². The van der Waals surface area contributed by atoms with Crippen LogP contribution < -0.4 is 16.0 Å². The fourth-order valence-corrected chi connectivity index (χ4v) is 4.42. The van der Waals surface area contributed by atoms with E-state index >= 15 is 0 Å². The van der Waals surface area contributed by atoms with Gasteiger partial charge in [0, 0.05) is 19.6 Å². The molecular weight excluding hydrogens is 466 g/mol. The zero-order chi connectivity index (χ0) is 27.6. The molecule has 0 saturated heterocycles. The molecule has 7 heteroatoms. The molecule has 7 nitrogen and oxygen atoms in total. The van der Waals surface area contributed by atoms with Crippen molar-refractivity contribution < 1.29 is 19.5 Å². The highest BCUT2D eigenvalue weighted by molar-refractivity contribution is 5.95. The Kier molecular flexibility index (Phi) is 23.6. The van der Waals surface area contributed by atoms with Crippen molar-refractivity contribution in [3.63, 3.8) is 0 Å². The number of nitrogens with one attached hydrogen (secondary N) is 3. The fourth-order valence-electron chi connectivity index (χ4n) is 4.42. The average Bonchev–Trinajstić information content (AvgIpc) is 2.86. The average molecular weight is 526 g/mol. The summed E-state index contributed by atoms with van der Waals surface area (Å²) < 4.78 is 0. The maximum absolute atomic E-state index is 12.9. The molecule has 0 unspecified atom stereocenters. The molecule has 0 aromatic carbocycles. The van der Waals surface area contributed by atoms with Gasteiger partial charge in [0.1, 0.15) is 0 Å². The van der Waals surface area contributed by atoms with Crippen molar-refractivity contribution in [1.82, 2.24) is 16.0 Å². The number of carbonyl (C=O) groups is 3. The lowest BCUT2D eigenvalue weighted by Crippen LogP contribution is -2.52. The second-order valence-electron chi connectivity index (χ2n) is 10.6. The molecule has 0 heterocycles. The lowest BCUT2D eigenvalue weighted by atomic mass is 9.93. The lowest BCUT2D eigenvalue weighted by molar-refractivity contribution is -0.149. The molecule has 0 spiro atoms. The van der Waals surface area contributed by atoms with Crippen molar-refractivity contribution in [1.29, 1.82) is 0 Å². The van der Waals surface area contributed by atoms with Gasteiger partial charge in [0.2, 0.25) is 11.8 Å². The number of amides is 3. The molecule has 0 aromatic rings. The third-order valence-electron chi connectivity index (χ3n) is 6.85. The molecule has 0 radical (unpaired) electrons. The summed E-state index contributed by atoms with van der Waals surface area (Å²) in [5.74, 6) is -1.42. The van der Waals surface area contributed by atoms with E-state index in [2.05, 4.69) is 36.7 Å². The topological polar surface area (TPSA) is 108 Å². The van der Waals surface area contributed by atoms with Crippen LogP contribution in [0.15, 0.2) is 0 Å². The van der Waals surface area contributed by atoms with Gasteiger partial charge in [0.05, 0.1) is 12.8 Å². The molecule has 0 aliphatic carbocycles. The second-order valence-corrected chi connectivity index (χ2v) is 10.6. The Hall–Kier alpha value is -1.63. The SMILES string of the molecule is CCCCCCCCNC(=O)CC(O)(CC(=O)NCCCCCCCC)C(=O)NCCCCCCCC. The quantitative estimate of drug-likeness (QED) is 0.105. The molecule has 3 amide bonds. The highest BCUT2D eigenvalue weighted by Crippen LogP contribution is 2.17. The van der Waals surface area contributed by atoms with Crippen molar-refractivity contribution in [3.05, 3.63) is 0 Å². The second kappa shape index (κ2) is 24.7. The van der Waals surface area contributed by atoms with E-state index in [0.29, 0.717) is 19.6 Å². The summed E-state index contributed by atoms with van der Waals surface area (Å²) in [5, 5.41) is 19.6. The van der Waals surface area contributed by atoms with Crippen LogP contribution in [0.3, 0.4) is 0 Å². The summed E-state index contributed by atoms with van der Waals surface area (Å²) in [6.07, 6.45) is 19.1. The van der Waals surface area contributed by atoms with E-state index in [1.54, 1.807) is 0 Å². The number of rotatable bonds is 26. The molecule has 0 atom stereocenters. The first-order valence-electron chi connectivity index (χ1n) is 15.4. The van der Waals surface area contributed by atoms with Crippen LogP contribution in [0, 0.1) is 0 Å². The molecule has 0 aliphatic rings. The van der Waals surface area contributed by atoms with Crippen LogP contribution in [-0.2, 0) is 14.4 Å². The maximum atomic E-state index is 12.9. The van der Waals surface area contributed by atoms with Gasteiger partial charge in [-0.2, -0.15) is 0 Å². The fraction of sp³-hybridized carbons (Fsp3) is 0.900. The molecule has 0 rings (SSSR count). The van der Waals surface area contributed by atoms with Crippen LogP contribution in [0.5, 0.6) is 0 Å². The number of carbonyl (C=O) groups excluding carboxylic acids is 3. The van der Waals surface area contributed by atoms with Crippen molar-refractivity contribution in [2.24, 2.45) is 0 Å². The van der Waals surface area contributed by atoms with Crippen molar-refractivity contribution >= 4 is 17.7 Å². The predicted octanol–water partition coefficient (Wildman–Crippen LogP) is 5.93. The first-order chi connectivity index (χ1) is 17.9. The first-order valence-corrected chi connectivity index (χ1v) is 15.4. The Morgan fingerprint density at radius 3 is 1.14 bits per heavy atom. The van der Waals surface area contributed by atoms with Gasteiger partial charge in [-0.1, -0.05) is 117 Å². The minimum absolute atomic E-state index is 0.394. The van der Waals surface area contributed by atoms with Gasteiger partial charge >= 0.3 is 0 Å². The Morgan fingerprint density at radius 1 is 0.486 bits per heavy atom. The van der Waals surface area contributed by atoms with Crippen LogP contribution in [0.1, 0.15) is 149 Å². The van der Waals surface area contributed by atoms with E-state index in [1.165, 1.54) is 57.8 Å². The summed E-state index contributed by atoms with van der Waals surface area (Å²) in [4.78, 5) is 38.0. The molecule has 4 N–H and O–H groups in total. The maximum Gasteiger partial charge on any atom is 0.253 e. The monoisotopic (exact) mass is 525 g/mol. The van der Waals surface area contributed by atoms with Gasteiger partial charge < -0.3 is 21.1 Å². The standard InChI is InChI=1S/C30H59N3O4/c1-4-7-10-13-16-19-22-31-27(34)25-30(37,29(36)33-24-21-18-15-12-9-6-3)26-28(35)32-23-20-17-14-11-8-5-2/h37H,4-26H2,1-3H3,(H,31,34)(H,32,35)(H,33,36). The summed E-state index contributed by atoms with van der Waals surface area (Å²) in [7, 11) is 0. The molecule has 0 aliphatic heterocycles. The third kappa shape index (κ3) is 21.0. The molecule has 0 saturated carbocycles. The van der Waals surface area contributed by atoms with E-state index < -0.39 is 36.2 Å². The zero-order valence-corrected chi connectivity index (χ0v) is 24.4. The highest BCUT2D eigenvalue weighted by Gasteiger charge is 2.40. The minimum atomic E-state index is -2.04. The van der Waals surface area contributed by atoms with Crippen LogP contribution in [0.4, 0.5) is 0 Å². The van der Waals surface area contributed by atoms with Crippen LogP contribution in [0.25, 0.3) is 0 Å². The van der Waals surface area contributed by atoms with Crippen molar-refractivity contribution in [2.75, 3.05) is 19.6 Å². The van der Waals surface area contributed by atoms with Crippen LogP contribution >= 0.6 is 0 Å². The Morgan fingerprint density at radius 2 is 0.784 bits per heavy atom. The number of unbranched alkanes of at least 4 members (excludes halogenated alkanes) is 15. The van der Waals surface area contributed by atoms with Gasteiger partial charge in [-0.3, -0.25) is 14.4 Å². The molecular formula is C30H59N3O4. The summed E-state index contributed by atoms with van der Waals surface area (Å²) in [5.41, 5.74) is -2.04. The van der Waals surface area contributed by atoms with E-state index in [4.69, 9.17) is 0 Å². The highest BCUT2D eigenvalue weighted by atomic mass is 16.3. The number of hydrogen-bond acceptors (Lipinski definition) is 4. The molecule has 0 aromatic heterocycles. The predicted molar refractivity (Wildman–Crippen MR) is 153 cm³/mol. The molecule has 37 heavy (non-hydrogen) atoms. The van der Waals surface area contributed by atoms with Crippen molar-refractivity contribution in [3.8, 4) is 0 Å². The Labute approximate surface area is 227 Å². The van der Waals surface area contributed by atoms with Gasteiger partial charge in [0.25, 0.3) is 5.91 Å². The van der Waals surface area contributed by atoms with Gasteiger partial charge in [-0.15, -0.1) is 0 Å². The smallest absolute Gasteiger partial charge is 0.253 e. The van der Waals surface area contributed by atoms with Crippen LogP contribution in [-0.4, -0.2) is 48.1 Å². The van der Waals surface area contributed by atoms with E-state index in [0.717, 1.165) is 57.8 Å². The molecule has 0 fully saturated rings. The van der Waals surface area contributed by atoms with E-state index in [9.17, 15) is 19.5 Å². The largest absolute Gasteiger partial charge is 0.379 e. The molecule has 0 bridgehead atoms. The Bertz CT molecular complexity index is 551. The molecule has 218 valence electrons.